The van der Waals surface area contributed by atoms with Crippen molar-refractivity contribution in [2.75, 3.05) is 0 Å². The monoisotopic (exact) mass is 358 g/mol. The number of rotatable bonds is 5. The van der Waals surface area contributed by atoms with Crippen LogP contribution in [0.4, 0.5) is 22.0 Å². The van der Waals surface area contributed by atoms with Crippen LogP contribution in [0.25, 0.3) is 0 Å². The summed E-state index contributed by atoms with van der Waals surface area (Å²) >= 11 is 0. The van der Waals surface area contributed by atoms with Gasteiger partial charge in [-0.05, 0) is 42.8 Å². The van der Waals surface area contributed by atoms with Crippen LogP contribution in [0.15, 0.2) is 42.5 Å². The highest BCUT2D eigenvalue weighted by atomic mass is 19.4. The molecule has 0 N–H and O–H groups in total. The maximum atomic E-state index is 14.0. The van der Waals surface area contributed by atoms with Crippen LogP contribution in [-0.4, -0.2) is 12.0 Å². The maximum absolute atomic E-state index is 14.0. The van der Waals surface area contributed by atoms with Gasteiger partial charge in [0.15, 0.2) is 17.3 Å². The SMILES string of the molecule is CCC(=O)c1ccc(Oc2ccc(C(C)(F)C(F)(F)F)cc2)c(F)c1. The molecule has 134 valence electrons. The Morgan fingerprint density at radius 3 is 2.12 bits per heavy atom. The van der Waals surface area contributed by atoms with Gasteiger partial charge in [0, 0.05) is 12.0 Å². The van der Waals surface area contributed by atoms with E-state index in [-0.39, 0.29) is 29.3 Å². The highest BCUT2D eigenvalue weighted by molar-refractivity contribution is 5.95. The van der Waals surface area contributed by atoms with E-state index in [4.69, 9.17) is 4.74 Å². The molecule has 1 atom stereocenters. The van der Waals surface area contributed by atoms with Crippen LogP contribution >= 0.6 is 0 Å². The van der Waals surface area contributed by atoms with Crippen molar-refractivity contribution in [1.82, 2.24) is 0 Å². The van der Waals surface area contributed by atoms with Crippen molar-refractivity contribution >= 4 is 5.78 Å². The number of Topliss-reactive ketones (excluding diaryl/α,β-unsaturated/α-hetero) is 1. The van der Waals surface area contributed by atoms with Gasteiger partial charge in [-0.15, -0.1) is 0 Å². The summed E-state index contributed by atoms with van der Waals surface area (Å²) < 4.78 is 71.1. The average Bonchev–Trinajstić information content (AvgIpc) is 2.55. The summed E-state index contributed by atoms with van der Waals surface area (Å²) in [7, 11) is 0. The fourth-order valence-corrected chi connectivity index (χ4v) is 2.09. The number of alkyl halides is 4. The lowest BCUT2D eigenvalue weighted by atomic mass is 9.97. The van der Waals surface area contributed by atoms with E-state index in [1.165, 1.54) is 12.1 Å². The normalized spacial score (nSPS) is 14.0. The molecule has 0 heterocycles. The number of carbonyl (C=O) groups excluding carboxylic acids is 1. The van der Waals surface area contributed by atoms with Gasteiger partial charge in [-0.3, -0.25) is 4.79 Å². The molecule has 0 saturated heterocycles. The van der Waals surface area contributed by atoms with Crippen LogP contribution in [0.5, 0.6) is 11.5 Å². The average molecular weight is 358 g/mol. The molecule has 25 heavy (non-hydrogen) atoms. The molecule has 7 heteroatoms. The number of benzene rings is 2. The summed E-state index contributed by atoms with van der Waals surface area (Å²) in [5, 5.41) is 0. The molecular weight excluding hydrogens is 343 g/mol. The number of hydrogen-bond donors (Lipinski definition) is 0. The Kier molecular flexibility index (Phi) is 5.15. The lowest BCUT2D eigenvalue weighted by Gasteiger charge is -2.24. The third kappa shape index (κ3) is 3.97. The molecule has 0 aliphatic rings. The van der Waals surface area contributed by atoms with E-state index >= 15 is 0 Å². The third-order valence-electron chi connectivity index (χ3n) is 3.73. The van der Waals surface area contributed by atoms with Crippen molar-refractivity contribution in [3.63, 3.8) is 0 Å². The van der Waals surface area contributed by atoms with Crippen molar-refractivity contribution in [3.05, 3.63) is 59.4 Å². The molecule has 0 spiro atoms. The van der Waals surface area contributed by atoms with Crippen LogP contribution in [0.1, 0.15) is 36.2 Å². The molecule has 1 unspecified atom stereocenters. The minimum Gasteiger partial charge on any atom is -0.454 e. The summed E-state index contributed by atoms with van der Waals surface area (Å²) in [6.07, 6.45) is -4.83. The van der Waals surface area contributed by atoms with Gasteiger partial charge in [-0.25, -0.2) is 8.78 Å². The van der Waals surface area contributed by atoms with Crippen molar-refractivity contribution < 1.29 is 31.5 Å². The standard InChI is InChI=1S/C18H15F5O2/c1-3-15(24)11-4-9-16(14(19)10-11)25-13-7-5-12(6-8-13)17(2,20)18(21,22)23/h4-10H,3H2,1-2H3. The molecule has 0 aliphatic carbocycles. The first-order chi connectivity index (χ1) is 11.6. The number of hydrogen-bond acceptors (Lipinski definition) is 2. The zero-order chi connectivity index (χ0) is 18.8. The second-order valence-electron chi connectivity index (χ2n) is 5.55. The van der Waals surface area contributed by atoms with Gasteiger partial charge in [-0.2, -0.15) is 13.2 Å². The highest BCUT2D eigenvalue weighted by Crippen LogP contribution is 2.42. The zero-order valence-electron chi connectivity index (χ0n) is 13.5. The van der Waals surface area contributed by atoms with Gasteiger partial charge in [0.05, 0.1) is 0 Å². The maximum Gasteiger partial charge on any atom is 0.426 e. The molecule has 0 aromatic heterocycles. The predicted molar refractivity (Wildman–Crippen MR) is 82.1 cm³/mol. The molecule has 0 saturated carbocycles. The second kappa shape index (κ2) is 6.82. The van der Waals surface area contributed by atoms with E-state index in [0.717, 1.165) is 30.3 Å². The quantitative estimate of drug-likeness (QED) is 0.487. The Bertz CT molecular complexity index is 764. The van der Waals surface area contributed by atoms with Gasteiger partial charge in [0.1, 0.15) is 5.75 Å². The number of ketones is 1. The largest absolute Gasteiger partial charge is 0.454 e. The van der Waals surface area contributed by atoms with Crippen molar-refractivity contribution in [3.8, 4) is 11.5 Å². The van der Waals surface area contributed by atoms with Gasteiger partial charge >= 0.3 is 6.18 Å². The Balaban J connectivity index is 2.21. The van der Waals surface area contributed by atoms with Crippen molar-refractivity contribution in [2.24, 2.45) is 0 Å². The van der Waals surface area contributed by atoms with E-state index in [1.54, 1.807) is 6.92 Å². The molecule has 2 aromatic rings. The second-order valence-corrected chi connectivity index (χ2v) is 5.55. The first-order valence-corrected chi connectivity index (χ1v) is 7.43. The summed E-state index contributed by atoms with van der Waals surface area (Å²) in [6, 6.07) is 7.75. The van der Waals surface area contributed by atoms with Gasteiger partial charge in [0.2, 0.25) is 5.67 Å². The lowest BCUT2D eigenvalue weighted by Crippen LogP contribution is -2.34. The van der Waals surface area contributed by atoms with E-state index in [9.17, 15) is 26.7 Å². The van der Waals surface area contributed by atoms with Crippen LogP contribution in [0.2, 0.25) is 0 Å². The Labute approximate surface area is 141 Å². The van der Waals surface area contributed by atoms with Crippen molar-refractivity contribution in [2.45, 2.75) is 32.1 Å². The van der Waals surface area contributed by atoms with Gasteiger partial charge < -0.3 is 4.74 Å². The molecular formula is C18H15F5O2. The first kappa shape index (κ1) is 18.9. The molecule has 0 fully saturated rings. The molecule has 0 amide bonds. The smallest absolute Gasteiger partial charge is 0.426 e. The van der Waals surface area contributed by atoms with Crippen LogP contribution in [0.3, 0.4) is 0 Å². The summed E-state index contributed by atoms with van der Waals surface area (Å²) in [4.78, 5) is 11.5. The Hall–Kier alpha value is -2.44. The van der Waals surface area contributed by atoms with Crippen LogP contribution in [-0.2, 0) is 5.67 Å². The molecule has 2 rings (SSSR count). The number of ether oxygens (including phenoxy) is 1. The van der Waals surface area contributed by atoms with Crippen LogP contribution < -0.4 is 4.74 Å². The topological polar surface area (TPSA) is 26.3 Å². The fraction of sp³-hybridized carbons (Fsp3) is 0.278. The minimum atomic E-state index is -5.05. The highest BCUT2D eigenvalue weighted by Gasteiger charge is 2.53. The molecule has 0 bridgehead atoms. The number of carbonyl (C=O) groups is 1. The summed E-state index contributed by atoms with van der Waals surface area (Å²) in [6.45, 7) is 2.07. The summed E-state index contributed by atoms with van der Waals surface area (Å²) in [5.74, 6) is -1.17. The van der Waals surface area contributed by atoms with Crippen LogP contribution in [0, 0.1) is 5.82 Å². The molecule has 2 nitrogen and oxygen atoms in total. The minimum absolute atomic E-state index is 0.0372. The lowest BCUT2D eigenvalue weighted by molar-refractivity contribution is -0.228. The number of halogens is 5. The molecule has 0 radical (unpaired) electrons. The van der Waals surface area contributed by atoms with Crippen molar-refractivity contribution in [1.29, 1.82) is 0 Å². The molecule has 2 aromatic carbocycles. The molecule has 0 aliphatic heterocycles. The first-order valence-electron chi connectivity index (χ1n) is 7.43. The zero-order valence-corrected chi connectivity index (χ0v) is 13.5. The van der Waals surface area contributed by atoms with E-state index in [1.807, 2.05) is 0 Å². The summed E-state index contributed by atoms with van der Waals surface area (Å²) in [5.41, 5.74) is -3.89. The Morgan fingerprint density at radius 2 is 1.64 bits per heavy atom. The van der Waals surface area contributed by atoms with E-state index in [2.05, 4.69) is 0 Å². The van der Waals surface area contributed by atoms with E-state index < -0.39 is 23.2 Å². The van der Waals surface area contributed by atoms with Gasteiger partial charge in [-0.1, -0.05) is 19.1 Å². The van der Waals surface area contributed by atoms with Gasteiger partial charge in [0.25, 0.3) is 0 Å². The predicted octanol–water partition coefficient (Wildman–Crippen LogP) is 5.96. The van der Waals surface area contributed by atoms with E-state index in [0.29, 0.717) is 6.92 Å². The Morgan fingerprint density at radius 1 is 1.04 bits per heavy atom. The fourth-order valence-electron chi connectivity index (χ4n) is 2.09. The third-order valence-corrected chi connectivity index (χ3v) is 3.73.